The summed E-state index contributed by atoms with van der Waals surface area (Å²) < 4.78 is 23.4. The highest BCUT2D eigenvalue weighted by molar-refractivity contribution is 5.96. The molecule has 0 aliphatic carbocycles. The second kappa shape index (κ2) is 8.06. The molecule has 8 nitrogen and oxygen atoms in total. The van der Waals surface area contributed by atoms with Crippen LogP contribution in [0.15, 0.2) is 36.4 Å². The highest BCUT2D eigenvalue weighted by atomic mass is 19.1. The van der Waals surface area contributed by atoms with Crippen LogP contribution in [0.3, 0.4) is 0 Å². The van der Waals surface area contributed by atoms with Crippen molar-refractivity contribution in [3.05, 3.63) is 63.5 Å². The Hall–Kier alpha value is -3.49. The van der Waals surface area contributed by atoms with E-state index >= 15 is 0 Å². The number of anilines is 1. The fraction of sp³-hybridized carbons (Fsp3) is 0.176. The van der Waals surface area contributed by atoms with Crippen molar-refractivity contribution in [3.8, 4) is 5.75 Å². The van der Waals surface area contributed by atoms with Gasteiger partial charge in [0, 0.05) is 18.2 Å². The van der Waals surface area contributed by atoms with E-state index < -0.39 is 29.2 Å². The van der Waals surface area contributed by atoms with Gasteiger partial charge in [0.15, 0.2) is 6.61 Å². The lowest BCUT2D eigenvalue weighted by atomic mass is 10.2. The van der Waals surface area contributed by atoms with Gasteiger partial charge in [-0.3, -0.25) is 14.9 Å². The molecule has 0 spiro atoms. The molecule has 0 unspecified atom stereocenters. The minimum absolute atomic E-state index is 0.191. The van der Waals surface area contributed by atoms with Gasteiger partial charge in [0.05, 0.1) is 23.3 Å². The monoisotopic (exact) mass is 362 g/mol. The Morgan fingerprint density at radius 3 is 2.58 bits per heavy atom. The summed E-state index contributed by atoms with van der Waals surface area (Å²) in [7, 11) is 1.35. The number of nitrogens with one attached hydrogen (secondary N) is 1. The number of nitro groups is 1. The lowest BCUT2D eigenvalue weighted by Crippen LogP contribution is -2.21. The van der Waals surface area contributed by atoms with Gasteiger partial charge in [0.2, 0.25) is 0 Å². The van der Waals surface area contributed by atoms with Crippen LogP contribution in [-0.2, 0) is 9.53 Å². The van der Waals surface area contributed by atoms with Crippen LogP contribution >= 0.6 is 0 Å². The van der Waals surface area contributed by atoms with E-state index in [4.69, 9.17) is 9.47 Å². The maximum atomic E-state index is 13.8. The average molecular weight is 362 g/mol. The van der Waals surface area contributed by atoms with Crippen LogP contribution in [0.1, 0.15) is 15.9 Å². The largest absolute Gasteiger partial charge is 0.497 e. The number of rotatable bonds is 6. The summed E-state index contributed by atoms with van der Waals surface area (Å²) in [6, 6.07) is 7.55. The van der Waals surface area contributed by atoms with Crippen molar-refractivity contribution in [2.75, 3.05) is 19.0 Å². The van der Waals surface area contributed by atoms with E-state index in [2.05, 4.69) is 5.32 Å². The van der Waals surface area contributed by atoms with Crippen LogP contribution in [-0.4, -0.2) is 30.5 Å². The molecule has 2 rings (SSSR count). The minimum Gasteiger partial charge on any atom is -0.497 e. The molecule has 136 valence electrons. The second-order valence-corrected chi connectivity index (χ2v) is 5.23. The van der Waals surface area contributed by atoms with E-state index in [9.17, 15) is 24.1 Å². The van der Waals surface area contributed by atoms with Crippen LogP contribution in [0, 0.1) is 22.9 Å². The Morgan fingerprint density at radius 2 is 1.96 bits per heavy atom. The van der Waals surface area contributed by atoms with Crippen LogP contribution in [0.4, 0.5) is 15.8 Å². The maximum Gasteiger partial charge on any atom is 0.341 e. The molecule has 0 atom stereocenters. The zero-order valence-electron chi connectivity index (χ0n) is 13.9. The van der Waals surface area contributed by atoms with Crippen molar-refractivity contribution in [1.82, 2.24) is 0 Å². The van der Waals surface area contributed by atoms with Gasteiger partial charge in [-0.15, -0.1) is 0 Å². The van der Waals surface area contributed by atoms with E-state index in [1.54, 1.807) is 6.92 Å². The zero-order valence-corrected chi connectivity index (χ0v) is 13.9. The first-order valence-electron chi connectivity index (χ1n) is 7.37. The first kappa shape index (κ1) is 18.8. The van der Waals surface area contributed by atoms with Crippen LogP contribution < -0.4 is 10.1 Å². The smallest absolute Gasteiger partial charge is 0.341 e. The summed E-state index contributed by atoms with van der Waals surface area (Å²) in [5.41, 5.74) is 0.278. The number of hydrogen-bond acceptors (Lipinski definition) is 6. The van der Waals surface area contributed by atoms with Crippen molar-refractivity contribution in [2.24, 2.45) is 0 Å². The molecule has 0 saturated carbocycles. The number of aryl methyl sites for hydroxylation is 1. The van der Waals surface area contributed by atoms with Crippen molar-refractivity contribution in [3.63, 3.8) is 0 Å². The molecule has 0 aliphatic rings. The van der Waals surface area contributed by atoms with Crippen molar-refractivity contribution in [1.29, 1.82) is 0 Å². The lowest BCUT2D eigenvalue weighted by Gasteiger charge is -2.09. The summed E-state index contributed by atoms with van der Waals surface area (Å²) in [4.78, 5) is 33.9. The molecule has 26 heavy (non-hydrogen) atoms. The Morgan fingerprint density at radius 1 is 1.23 bits per heavy atom. The van der Waals surface area contributed by atoms with Gasteiger partial charge in [-0.25, -0.2) is 9.18 Å². The number of non-ortho nitro benzene ring substituents is 1. The zero-order chi connectivity index (χ0) is 19.3. The number of halogens is 1. The molecule has 0 bridgehead atoms. The van der Waals surface area contributed by atoms with Crippen LogP contribution in [0.2, 0.25) is 0 Å². The van der Waals surface area contributed by atoms with E-state index in [0.717, 1.165) is 6.07 Å². The number of methoxy groups -OCH3 is 1. The Bertz CT molecular complexity index is 868. The third-order valence-corrected chi connectivity index (χ3v) is 3.44. The predicted molar refractivity (Wildman–Crippen MR) is 89.7 cm³/mol. The number of carbonyl (C=O) groups excluding carboxylic acids is 2. The Kier molecular flexibility index (Phi) is 5.84. The highest BCUT2D eigenvalue weighted by Gasteiger charge is 2.17. The summed E-state index contributed by atoms with van der Waals surface area (Å²) in [5, 5.41) is 13.2. The standard InChI is InChI=1S/C17H15FN2O6/c1-10-3-4-11(20(23)24)7-15(10)19-16(21)9-26-17(22)13-6-5-12(25-2)8-14(13)18/h3-8H,9H2,1-2H3,(H,19,21). The molecule has 0 fully saturated rings. The molecule has 0 heterocycles. The average Bonchev–Trinajstić information content (AvgIpc) is 2.61. The summed E-state index contributed by atoms with van der Waals surface area (Å²) in [6.07, 6.45) is 0. The van der Waals surface area contributed by atoms with Crippen LogP contribution in [0.5, 0.6) is 5.75 Å². The molecule has 2 aromatic rings. The topological polar surface area (TPSA) is 108 Å². The van der Waals surface area contributed by atoms with Gasteiger partial charge in [-0.05, 0) is 24.6 Å². The van der Waals surface area contributed by atoms with E-state index in [1.807, 2.05) is 0 Å². The van der Waals surface area contributed by atoms with Crippen LogP contribution in [0.25, 0.3) is 0 Å². The highest BCUT2D eigenvalue weighted by Crippen LogP contribution is 2.22. The van der Waals surface area contributed by atoms with Gasteiger partial charge < -0.3 is 14.8 Å². The van der Waals surface area contributed by atoms with Crippen molar-refractivity contribution in [2.45, 2.75) is 6.92 Å². The molecule has 2 aromatic carbocycles. The molecule has 1 N–H and O–H groups in total. The molecular weight excluding hydrogens is 347 g/mol. The summed E-state index contributed by atoms with van der Waals surface area (Å²) in [5.74, 6) is -2.34. The Balaban J connectivity index is 2.00. The molecule has 9 heteroatoms. The van der Waals surface area contributed by atoms with Crippen molar-refractivity contribution >= 4 is 23.3 Å². The van der Waals surface area contributed by atoms with E-state index in [0.29, 0.717) is 5.56 Å². The minimum atomic E-state index is -1.02. The number of nitrogens with zero attached hydrogens (tertiary/aromatic N) is 1. The third kappa shape index (κ3) is 4.53. The number of esters is 1. The number of hydrogen-bond donors (Lipinski definition) is 1. The lowest BCUT2D eigenvalue weighted by molar-refractivity contribution is -0.384. The number of nitro benzene ring substituents is 1. The van der Waals surface area contributed by atoms with Crippen molar-refractivity contribution < 1.29 is 28.4 Å². The van der Waals surface area contributed by atoms with E-state index in [-0.39, 0.29) is 22.7 Å². The SMILES string of the molecule is COc1ccc(C(=O)OCC(=O)Nc2cc([N+](=O)[O-])ccc2C)c(F)c1. The number of amides is 1. The fourth-order valence-electron chi connectivity index (χ4n) is 2.04. The molecule has 0 aliphatic heterocycles. The normalized spacial score (nSPS) is 10.1. The van der Waals surface area contributed by atoms with Gasteiger partial charge in [0.1, 0.15) is 11.6 Å². The van der Waals surface area contributed by atoms with E-state index in [1.165, 1.54) is 37.4 Å². The van der Waals surface area contributed by atoms with Gasteiger partial charge in [-0.1, -0.05) is 6.07 Å². The van der Waals surface area contributed by atoms with Gasteiger partial charge in [0.25, 0.3) is 11.6 Å². The second-order valence-electron chi connectivity index (χ2n) is 5.23. The summed E-state index contributed by atoms with van der Waals surface area (Å²) >= 11 is 0. The molecular formula is C17H15FN2O6. The van der Waals surface area contributed by atoms with Gasteiger partial charge in [-0.2, -0.15) is 0 Å². The predicted octanol–water partition coefficient (Wildman–Crippen LogP) is 2.85. The summed E-state index contributed by atoms with van der Waals surface area (Å²) in [6.45, 7) is 0.977. The fourth-order valence-corrected chi connectivity index (χ4v) is 2.04. The molecule has 1 amide bonds. The maximum absolute atomic E-state index is 13.8. The number of benzene rings is 2. The number of carbonyl (C=O) groups is 2. The first-order valence-corrected chi connectivity index (χ1v) is 7.37. The Labute approximate surface area is 147 Å². The van der Waals surface area contributed by atoms with Gasteiger partial charge >= 0.3 is 5.97 Å². The molecule has 0 saturated heterocycles. The first-order chi connectivity index (χ1) is 12.3. The third-order valence-electron chi connectivity index (χ3n) is 3.44. The molecule has 0 aromatic heterocycles. The quantitative estimate of drug-likeness (QED) is 0.481. The number of ether oxygens (including phenoxy) is 2. The molecule has 0 radical (unpaired) electrons.